The topological polar surface area (TPSA) is 26.5 Å². The summed E-state index contributed by atoms with van der Waals surface area (Å²) < 4.78 is 8.58. The van der Waals surface area contributed by atoms with E-state index in [4.69, 9.17) is 21.3 Å². The molecule has 0 aliphatic rings. The highest BCUT2D eigenvalue weighted by atomic mass is 79.9. The summed E-state index contributed by atoms with van der Waals surface area (Å²) in [6, 6.07) is 16.2. The fourth-order valence-corrected chi connectivity index (χ4v) is 4.17. The highest BCUT2D eigenvalue weighted by Gasteiger charge is 2.17. The normalized spacial score (nSPS) is 11.2. The van der Waals surface area contributed by atoms with Crippen molar-refractivity contribution in [1.29, 1.82) is 0 Å². The molecule has 0 aliphatic carbocycles. The van der Waals surface area contributed by atoms with Gasteiger partial charge in [-0.3, -0.25) is 0 Å². The van der Waals surface area contributed by atoms with E-state index in [0.717, 1.165) is 49.8 Å². The number of rotatable bonds is 4. The van der Waals surface area contributed by atoms with Gasteiger partial charge in [0.2, 0.25) is 0 Å². The van der Waals surface area contributed by atoms with Gasteiger partial charge in [-0.15, -0.1) is 0 Å². The largest absolute Gasteiger partial charge is 0.497 e. The van der Waals surface area contributed by atoms with Crippen molar-refractivity contribution in [3.05, 3.63) is 86.6 Å². The Morgan fingerprint density at radius 2 is 1.79 bits per heavy atom. The monoisotopic (exact) mass is 454 g/mol. The minimum absolute atomic E-state index is 0.721. The molecule has 0 atom stereocenters. The molecule has 0 spiro atoms. The quantitative estimate of drug-likeness (QED) is 0.345. The molecule has 0 bridgehead atoms. The first-order valence-corrected chi connectivity index (χ1v) is 10.2. The van der Waals surface area contributed by atoms with Gasteiger partial charge in [0.25, 0.3) is 0 Å². The third kappa shape index (κ3) is 3.54. The predicted molar refractivity (Wildman–Crippen MR) is 119 cm³/mol. The molecule has 4 aromatic rings. The number of methoxy groups -OCH3 is 1. The molecule has 28 heavy (non-hydrogen) atoms. The number of pyridine rings is 1. The van der Waals surface area contributed by atoms with Crippen molar-refractivity contribution in [3.8, 4) is 17.0 Å². The number of benzene rings is 2. The fourth-order valence-electron chi connectivity index (χ4n) is 3.50. The number of ether oxygens (including phenoxy) is 1. The van der Waals surface area contributed by atoms with E-state index in [2.05, 4.69) is 58.6 Å². The fraction of sp³-hybridized carbons (Fsp3) is 0.174. The molecule has 2 heterocycles. The van der Waals surface area contributed by atoms with Crippen LogP contribution < -0.4 is 4.74 Å². The van der Waals surface area contributed by atoms with Gasteiger partial charge >= 0.3 is 0 Å². The number of aryl methyl sites for hydroxylation is 2. The summed E-state index contributed by atoms with van der Waals surface area (Å²) in [5, 5.41) is 0.721. The first-order valence-electron chi connectivity index (χ1n) is 9.03. The van der Waals surface area contributed by atoms with Crippen LogP contribution in [0.5, 0.6) is 5.75 Å². The van der Waals surface area contributed by atoms with Crippen LogP contribution in [-0.4, -0.2) is 16.5 Å². The van der Waals surface area contributed by atoms with Crippen LogP contribution in [-0.2, 0) is 6.42 Å². The van der Waals surface area contributed by atoms with Crippen LogP contribution in [0, 0.1) is 13.8 Å². The molecule has 0 unspecified atom stereocenters. The first-order chi connectivity index (χ1) is 13.5. The Morgan fingerprint density at radius 1 is 1.04 bits per heavy atom. The second kappa shape index (κ2) is 7.61. The summed E-state index contributed by atoms with van der Waals surface area (Å²) in [6.45, 7) is 4.20. The minimum atomic E-state index is 0.721. The van der Waals surface area contributed by atoms with E-state index in [-0.39, 0.29) is 0 Å². The van der Waals surface area contributed by atoms with Crippen LogP contribution in [0.1, 0.15) is 22.4 Å². The van der Waals surface area contributed by atoms with Gasteiger partial charge in [-0.1, -0.05) is 29.8 Å². The first kappa shape index (κ1) is 19.0. The van der Waals surface area contributed by atoms with Crippen molar-refractivity contribution in [2.75, 3.05) is 7.11 Å². The maximum absolute atomic E-state index is 6.10. The van der Waals surface area contributed by atoms with Gasteiger partial charge < -0.3 is 9.14 Å². The van der Waals surface area contributed by atoms with E-state index in [9.17, 15) is 0 Å². The zero-order valence-corrected chi connectivity index (χ0v) is 18.3. The lowest BCUT2D eigenvalue weighted by atomic mass is 10.0. The van der Waals surface area contributed by atoms with Crippen LogP contribution in [0.3, 0.4) is 0 Å². The summed E-state index contributed by atoms with van der Waals surface area (Å²) in [4.78, 5) is 4.99. The van der Waals surface area contributed by atoms with Crippen molar-refractivity contribution in [1.82, 2.24) is 9.38 Å². The number of aromatic nitrogens is 2. The van der Waals surface area contributed by atoms with Crippen LogP contribution >= 0.6 is 27.5 Å². The molecule has 0 aliphatic heterocycles. The molecule has 2 aromatic heterocycles. The number of nitrogens with zero attached hydrogens (tertiary/aromatic N) is 2. The Labute approximate surface area is 178 Å². The van der Waals surface area contributed by atoms with E-state index < -0.39 is 0 Å². The SMILES string of the molecule is COc1ccc(Cc2c(-c3ccc(Cl)cc3)nc3c(C)cc(Br)cn23)c(C)c1. The Bertz CT molecular complexity index is 1170. The Kier molecular flexibility index (Phi) is 5.17. The van der Waals surface area contributed by atoms with Crippen molar-refractivity contribution in [2.45, 2.75) is 20.3 Å². The zero-order valence-electron chi connectivity index (χ0n) is 16.0. The molecule has 0 saturated carbocycles. The highest BCUT2D eigenvalue weighted by molar-refractivity contribution is 9.10. The van der Waals surface area contributed by atoms with Crippen LogP contribution in [0.15, 0.2) is 59.2 Å². The molecule has 0 radical (unpaired) electrons. The average molecular weight is 456 g/mol. The molecule has 0 amide bonds. The lowest BCUT2D eigenvalue weighted by Crippen LogP contribution is -2.00. The smallest absolute Gasteiger partial charge is 0.140 e. The van der Waals surface area contributed by atoms with Crippen molar-refractivity contribution in [3.63, 3.8) is 0 Å². The summed E-state index contributed by atoms with van der Waals surface area (Å²) >= 11 is 9.73. The predicted octanol–water partition coefficient (Wildman–Crippen LogP) is 6.63. The van der Waals surface area contributed by atoms with E-state index in [1.54, 1.807) is 7.11 Å². The third-order valence-corrected chi connectivity index (χ3v) is 5.68. The van der Waals surface area contributed by atoms with Crippen LogP contribution in [0.25, 0.3) is 16.9 Å². The van der Waals surface area contributed by atoms with Gasteiger partial charge in [-0.2, -0.15) is 0 Å². The molecular weight excluding hydrogens is 436 g/mol. The maximum Gasteiger partial charge on any atom is 0.140 e. The van der Waals surface area contributed by atoms with Crippen molar-refractivity contribution in [2.24, 2.45) is 0 Å². The number of imidazole rings is 1. The number of hydrogen-bond acceptors (Lipinski definition) is 2. The molecule has 4 rings (SSSR count). The molecule has 3 nitrogen and oxygen atoms in total. The molecule has 142 valence electrons. The standard InChI is InChI=1S/C23H20BrClN2O/c1-14-11-20(28-3)9-6-17(14)12-21-22(16-4-7-19(25)8-5-16)26-23-15(2)10-18(24)13-27(21)23/h4-11,13H,12H2,1-3H3. The summed E-state index contributed by atoms with van der Waals surface area (Å²) in [6.07, 6.45) is 2.85. The average Bonchev–Trinajstić information content (AvgIpc) is 3.02. The molecule has 2 aromatic carbocycles. The zero-order chi connectivity index (χ0) is 19.8. The van der Waals surface area contributed by atoms with Gasteiger partial charge in [0.15, 0.2) is 0 Å². The van der Waals surface area contributed by atoms with Crippen molar-refractivity contribution >= 4 is 33.2 Å². The van der Waals surface area contributed by atoms with E-state index >= 15 is 0 Å². The number of hydrogen-bond donors (Lipinski definition) is 0. The highest BCUT2D eigenvalue weighted by Crippen LogP contribution is 2.31. The molecule has 0 N–H and O–H groups in total. The van der Waals surface area contributed by atoms with Gasteiger partial charge in [0.05, 0.1) is 18.5 Å². The molecule has 0 saturated heterocycles. The third-order valence-electron chi connectivity index (χ3n) is 4.99. The molecule has 0 fully saturated rings. The second-order valence-corrected chi connectivity index (χ2v) is 8.27. The van der Waals surface area contributed by atoms with Crippen LogP contribution in [0.2, 0.25) is 5.02 Å². The lowest BCUT2D eigenvalue weighted by molar-refractivity contribution is 0.414. The van der Waals surface area contributed by atoms with E-state index in [1.165, 1.54) is 11.1 Å². The summed E-state index contributed by atoms with van der Waals surface area (Å²) in [7, 11) is 1.69. The second-order valence-electron chi connectivity index (χ2n) is 6.92. The summed E-state index contributed by atoms with van der Waals surface area (Å²) in [5.41, 5.74) is 7.72. The molecular formula is C23H20BrClN2O. The molecule has 5 heteroatoms. The Morgan fingerprint density at radius 3 is 2.46 bits per heavy atom. The van der Waals surface area contributed by atoms with E-state index in [1.807, 2.05) is 30.3 Å². The summed E-state index contributed by atoms with van der Waals surface area (Å²) in [5.74, 6) is 0.871. The van der Waals surface area contributed by atoms with Gasteiger partial charge in [0, 0.05) is 27.7 Å². The van der Waals surface area contributed by atoms with Crippen molar-refractivity contribution < 1.29 is 4.74 Å². The number of fused-ring (bicyclic) bond motifs is 1. The number of halogens is 2. The van der Waals surface area contributed by atoms with E-state index in [0.29, 0.717) is 0 Å². The lowest BCUT2D eigenvalue weighted by Gasteiger charge is -2.11. The Hall–Kier alpha value is -2.30. The van der Waals surface area contributed by atoms with Gasteiger partial charge in [-0.05, 0) is 76.8 Å². The maximum atomic E-state index is 6.10. The Balaban J connectivity index is 1.92. The van der Waals surface area contributed by atoms with Crippen LogP contribution in [0.4, 0.5) is 0 Å². The van der Waals surface area contributed by atoms with Gasteiger partial charge in [-0.25, -0.2) is 4.98 Å². The minimum Gasteiger partial charge on any atom is -0.497 e. The van der Waals surface area contributed by atoms with Gasteiger partial charge in [0.1, 0.15) is 11.4 Å².